The number of carbonyl (C=O) groups is 1. The fourth-order valence-electron chi connectivity index (χ4n) is 2.35. The van der Waals surface area contributed by atoms with Gasteiger partial charge < -0.3 is 9.47 Å². The number of hydrogen-bond acceptors (Lipinski definition) is 3. The molecule has 1 heterocycles. The molecule has 0 aliphatic carbocycles. The molecule has 1 aromatic carbocycles. The Morgan fingerprint density at radius 3 is 2.54 bits per heavy atom. The van der Waals surface area contributed by atoms with Crippen molar-refractivity contribution in [1.29, 1.82) is 0 Å². The molecule has 0 N–H and O–H groups in total. The third-order valence-corrected chi connectivity index (χ3v) is 3.76. The predicted octanol–water partition coefficient (Wildman–Crippen LogP) is 0.898. The second kappa shape index (κ2) is 8.12. The van der Waals surface area contributed by atoms with Gasteiger partial charge in [0.2, 0.25) is 5.91 Å². The maximum absolute atomic E-state index is 13.0. The second-order valence-electron chi connectivity index (χ2n) is 5.70. The van der Waals surface area contributed by atoms with Crippen molar-refractivity contribution in [3.63, 3.8) is 0 Å². The monoisotopic (exact) mass is 355 g/mol. The van der Waals surface area contributed by atoms with Crippen LogP contribution in [0.1, 0.15) is 11.1 Å². The van der Waals surface area contributed by atoms with Gasteiger partial charge in [0.25, 0.3) is 5.56 Å². The van der Waals surface area contributed by atoms with Crippen LogP contribution in [0.15, 0.2) is 46.1 Å². The molecule has 0 saturated carbocycles. The van der Waals surface area contributed by atoms with E-state index in [9.17, 15) is 18.8 Å². The summed E-state index contributed by atoms with van der Waals surface area (Å²) in [5.74, 6) is 1.63. The van der Waals surface area contributed by atoms with Crippen molar-refractivity contribution in [3.05, 3.63) is 74.3 Å². The first-order valence-electron chi connectivity index (χ1n) is 7.75. The maximum Gasteiger partial charge on any atom is 0.330 e. The summed E-state index contributed by atoms with van der Waals surface area (Å²) >= 11 is 0. The largest absolute Gasteiger partial charge is 0.330 e. The number of aromatic nitrogens is 2. The third-order valence-electron chi connectivity index (χ3n) is 3.76. The highest BCUT2D eigenvalue weighted by molar-refractivity contribution is 5.91. The van der Waals surface area contributed by atoms with Gasteiger partial charge in [-0.2, -0.15) is 0 Å². The molecule has 1 amide bonds. The second-order valence-corrected chi connectivity index (χ2v) is 5.70. The smallest absolute Gasteiger partial charge is 0.324 e. The van der Waals surface area contributed by atoms with Gasteiger partial charge in [-0.25, -0.2) is 9.18 Å². The number of rotatable bonds is 5. The first-order valence-corrected chi connectivity index (χ1v) is 7.75. The van der Waals surface area contributed by atoms with Gasteiger partial charge >= 0.3 is 5.69 Å². The van der Waals surface area contributed by atoms with Crippen molar-refractivity contribution in [2.75, 3.05) is 6.54 Å². The molecule has 0 fully saturated rings. The lowest BCUT2D eigenvalue weighted by atomic mass is 10.2. The molecule has 1 aromatic heterocycles. The molecule has 134 valence electrons. The molecule has 0 unspecified atom stereocenters. The van der Waals surface area contributed by atoms with E-state index in [4.69, 9.17) is 6.42 Å². The highest BCUT2D eigenvalue weighted by Gasteiger charge is 2.11. The van der Waals surface area contributed by atoms with Crippen LogP contribution in [0.5, 0.6) is 0 Å². The normalized spacial score (nSPS) is 10.7. The molecule has 0 saturated heterocycles. The SMILES string of the molecule is C#CCN(Cc1ccc(F)cc1)C(=O)/C=C/c1cn(C)c(=O)n(C)c1=O. The number of amides is 1. The fraction of sp³-hybridized carbons (Fsp3) is 0.211. The highest BCUT2D eigenvalue weighted by Crippen LogP contribution is 2.07. The van der Waals surface area contributed by atoms with Gasteiger partial charge in [-0.15, -0.1) is 6.42 Å². The zero-order valence-electron chi connectivity index (χ0n) is 14.5. The lowest BCUT2D eigenvalue weighted by Gasteiger charge is -2.18. The molecule has 0 radical (unpaired) electrons. The number of hydrogen-bond donors (Lipinski definition) is 0. The Hall–Kier alpha value is -3.40. The molecule has 0 aliphatic rings. The summed E-state index contributed by atoms with van der Waals surface area (Å²) in [7, 11) is 2.88. The maximum atomic E-state index is 13.0. The molecule has 0 bridgehead atoms. The fourth-order valence-corrected chi connectivity index (χ4v) is 2.35. The van der Waals surface area contributed by atoms with Gasteiger partial charge in [-0.3, -0.25) is 14.2 Å². The van der Waals surface area contributed by atoms with Gasteiger partial charge in [0.15, 0.2) is 0 Å². The minimum absolute atomic E-state index is 0.0613. The van der Waals surface area contributed by atoms with Gasteiger partial charge in [-0.05, 0) is 23.8 Å². The molecule has 0 atom stereocenters. The van der Waals surface area contributed by atoms with E-state index in [0.717, 1.165) is 10.1 Å². The average molecular weight is 355 g/mol. The molecule has 2 aromatic rings. The Balaban J connectivity index is 2.23. The molecule has 2 rings (SSSR count). The van der Waals surface area contributed by atoms with Crippen LogP contribution in [0, 0.1) is 18.2 Å². The van der Waals surface area contributed by atoms with Crippen molar-refractivity contribution in [2.24, 2.45) is 14.1 Å². The van der Waals surface area contributed by atoms with Crippen LogP contribution < -0.4 is 11.2 Å². The summed E-state index contributed by atoms with van der Waals surface area (Å²) < 4.78 is 15.2. The third kappa shape index (κ3) is 4.36. The van der Waals surface area contributed by atoms with Crippen LogP contribution in [0.4, 0.5) is 4.39 Å². The quantitative estimate of drug-likeness (QED) is 0.591. The van der Waals surface area contributed by atoms with Crippen molar-refractivity contribution < 1.29 is 9.18 Å². The van der Waals surface area contributed by atoms with Crippen molar-refractivity contribution in [2.45, 2.75) is 6.54 Å². The van der Waals surface area contributed by atoms with Crippen molar-refractivity contribution >= 4 is 12.0 Å². The summed E-state index contributed by atoms with van der Waals surface area (Å²) in [6, 6.07) is 5.74. The van der Waals surface area contributed by atoms with Crippen molar-refractivity contribution in [1.82, 2.24) is 14.0 Å². The van der Waals surface area contributed by atoms with E-state index in [1.807, 2.05) is 0 Å². The molecule has 0 spiro atoms. The first kappa shape index (κ1) is 18.9. The minimum atomic E-state index is -0.501. The van der Waals surface area contributed by atoms with Gasteiger partial charge in [0, 0.05) is 32.9 Å². The topological polar surface area (TPSA) is 64.3 Å². The van der Waals surface area contributed by atoms with Gasteiger partial charge in [-0.1, -0.05) is 18.1 Å². The predicted molar refractivity (Wildman–Crippen MR) is 96.6 cm³/mol. The Kier molecular flexibility index (Phi) is 5.91. The molecular formula is C19H18FN3O3. The number of halogens is 1. The summed E-state index contributed by atoms with van der Waals surface area (Å²) in [5, 5.41) is 0. The van der Waals surface area contributed by atoms with E-state index in [0.29, 0.717) is 0 Å². The van der Waals surface area contributed by atoms with Gasteiger partial charge in [0.1, 0.15) is 5.82 Å². The minimum Gasteiger partial charge on any atom is -0.324 e. The molecule has 7 heteroatoms. The number of carbonyl (C=O) groups excluding carboxylic acids is 1. The molecular weight excluding hydrogens is 337 g/mol. The molecule has 26 heavy (non-hydrogen) atoms. The van der Waals surface area contributed by atoms with Crippen LogP contribution in [0.2, 0.25) is 0 Å². The number of terminal acetylenes is 1. The number of benzene rings is 1. The Labute approximate surface area is 149 Å². The Bertz CT molecular complexity index is 995. The lowest BCUT2D eigenvalue weighted by Crippen LogP contribution is -2.37. The Morgan fingerprint density at radius 1 is 1.27 bits per heavy atom. The molecule has 0 aliphatic heterocycles. The highest BCUT2D eigenvalue weighted by atomic mass is 19.1. The van der Waals surface area contributed by atoms with Crippen LogP contribution >= 0.6 is 0 Å². The van der Waals surface area contributed by atoms with E-state index in [-0.39, 0.29) is 24.5 Å². The van der Waals surface area contributed by atoms with E-state index in [1.165, 1.54) is 54.0 Å². The zero-order valence-corrected chi connectivity index (χ0v) is 14.5. The van der Waals surface area contributed by atoms with E-state index >= 15 is 0 Å². The van der Waals surface area contributed by atoms with E-state index in [1.54, 1.807) is 12.1 Å². The Morgan fingerprint density at radius 2 is 1.92 bits per heavy atom. The van der Waals surface area contributed by atoms with Crippen LogP contribution in [0.25, 0.3) is 6.08 Å². The zero-order chi connectivity index (χ0) is 19.3. The van der Waals surface area contributed by atoms with Crippen molar-refractivity contribution in [3.8, 4) is 12.3 Å². The molecule has 6 nitrogen and oxygen atoms in total. The first-order chi connectivity index (χ1) is 12.3. The lowest BCUT2D eigenvalue weighted by molar-refractivity contribution is -0.125. The van der Waals surface area contributed by atoms with Crippen LogP contribution in [-0.4, -0.2) is 26.5 Å². The average Bonchev–Trinajstić information content (AvgIpc) is 2.63. The van der Waals surface area contributed by atoms with Crippen LogP contribution in [0.3, 0.4) is 0 Å². The summed E-state index contributed by atoms with van der Waals surface area (Å²) in [5.41, 5.74) is -0.0326. The summed E-state index contributed by atoms with van der Waals surface area (Å²) in [4.78, 5) is 37.6. The van der Waals surface area contributed by atoms with Crippen LogP contribution in [-0.2, 0) is 25.4 Å². The van der Waals surface area contributed by atoms with E-state index in [2.05, 4.69) is 5.92 Å². The summed E-state index contributed by atoms with van der Waals surface area (Å²) in [6.07, 6.45) is 9.24. The standard InChI is InChI=1S/C19H18FN3O3/c1-4-11-23(12-14-5-8-16(20)9-6-14)17(24)10-7-15-13-21(2)19(26)22(3)18(15)25/h1,5-10,13H,11-12H2,2-3H3/b10-7+. The van der Waals surface area contributed by atoms with E-state index < -0.39 is 17.2 Å². The van der Waals surface area contributed by atoms with Gasteiger partial charge in [0.05, 0.1) is 12.1 Å². The number of aryl methyl sites for hydroxylation is 1. The number of nitrogens with zero attached hydrogens (tertiary/aromatic N) is 3. The summed E-state index contributed by atoms with van der Waals surface area (Å²) in [6.45, 7) is 0.269.